The van der Waals surface area contributed by atoms with E-state index in [0.717, 1.165) is 13.0 Å². The molecule has 0 unspecified atom stereocenters. The van der Waals surface area contributed by atoms with Gasteiger partial charge < -0.3 is 10.4 Å². The maximum atomic E-state index is 10.5. The topological polar surface area (TPSA) is 75.4 Å². The summed E-state index contributed by atoms with van der Waals surface area (Å²) < 4.78 is 0. The Kier molecular flexibility index (Phi) is 4.47. The summed E-state index contributed by atoms with van der Waals surface area (Å²) in [7, 11) is 1.85. The predicted molar refractivity (Wildman–Crippen MR) is 62.3 cm³/mol. The van der Waals surface area contributed by atoms with Crippen molar-refractivity contribution in [3.63, 3.8) is 0 Å². The lowest BCUT2D eigenvalue weighted by Crippen LogP contribution is -2.05. The lowest BCUT2D eigenvalue weighted by atomic mass is 10.1. The number of nitrogens with zero attached hydrogens (tertiary/aromatic N) is 1. The Morgan fingerprint density at radius 3 is 2.94 bits per heavy atom. The van der Waals surface area contributed by atoms with Crippen LogP contribution in [0.1, 0.15) is 12.0 Å². The van der Waals surface area contributed by atoms with E-state index in [0.29, 0.717) is 5.56 Å². The Balaban J connectivity index is 2.82. The molecule has 1 aromatic carbocycles. The maximum Gasteiger partial charge on any atom is 0.270 e. The van der Waals surface area contributed by atoms with Crippen LogP contribution in [0.25, 0.3) is 6.08 Å². The standard InChI is InChI=1S/C11H14N2O3/c1-12-7-3-2-4-9-8-10(13(15)16)5-6-11(9)14/h2,4-6,8,12,14H,3,7H2,1H3. The fourth-order valence-electron chi connectivity index (χ4n) is 1.23. The number of benzene rings is 1. The quantitative estimate of drug-likeness (QED) is 0.453. The zero-order chi connectivity index (χ0) is 12.0. The molecule has 86 valence electrons. The fraction of sp³-hybridized carbons (Fsp3) is 0.273. The molecule has 0 aromatic heterocycles. The van der Waals surface area contributed by atoms with Crippen molar-refractivity contribution >= 4 is 11.8 Å². The predicted octanol–water partition coefficient (Wildman–Crippen LogP) is 1.92. The molecule has 0 amide bonds. The van der Waals surface area contributed by atoms with Crippen molar-refractivity contribution in [1.82, 2.24) is 5.32 Å². The lowest BCUT2D eigenvalue weighted by Gasteiger charge is -1.99. The summed E-state index contributed by atoms with van der Waals surface area (Å²) >= 11 is 0. The van der Waals surface area contributed by atoms with Crippen molar-refractivity contribution in [2.45, 2.75) is 6.42 Å². The average Bonchev–Trinajstić information content (AvgIpc) is 2.26. The number of nitrogens with one attached hydrogen (secondary N) is 1. The van der Waals surface area contributed by atoms with Gasteiger partial charge in [0.25, 0.3) is 5.69 Å². The van der Waals surface area contributed by atoms with Gasteiger partial charge in [0.15, 0.2) is 0 Å². The minimum atomic E-state index is -0.482. The highest BCUT2D eigenvalue weighted by Crippen LogP contribution is 2.23. The van der Waals surface area contributed by atoms with Crippen LogP contribution in [-0.4, -0.2) is 23.6 Å². The van der Waals surface area contributed by atoms with E-state index in [1.165, 1.54) is 18.2 Å². The maximum absolute atomic E-state index is 10.5. The average molecular weight is 222 g/mol. The number of hydrogen-bond acceptors (Lipinski definition) is 4. The van der Waals surface area contributed by atoms with Crippen molar-refractivity contribution < 1.29 is 10.0 Å². The molecule has 1 aromatic rings. The van der Waals surface area contributed by atoms with Gasteiger partial charge in [-0.15, -0.1) is 0 Å². The highest BCUT2D eigenvalue weighted by Gasteiger charge is 2.07. The van der Waals surface area contributed by atoms with Crippen LogP contribution in [0.5, 0.6) is 5.75 Å². The van der Waals surface area contributed by atoms with Crippen molar-refractivity contribution in [3.8, 4) is 5.75 Å². The number of phenolic OH excluding ortho intramolecular Hbond substituents is 1. The van der Waals surface area contributed by atoms with Crippen molar-refractivity contribution in [2.24, 2.45) is 0 Å². The zero-order valence-corrected chi connectivity index (χ0v) is 9.01. The van der Waals surface area contributed by atoms with Crippen LogP contribution >= 0.6 is 0 Å². The number of nitro benzene ring substituents is 1. The molecule has 0 saturated heterocycles. The summed E-state index contributed by atoms with van der Waals surface area (Å²) in [5.74, 6) is 0.0475. The Labute approximate surface area is 93.6 Å². The molecule has 0 heterocycles. The van der Waals surface area contributed by atoms with Gasteiger partial charge >= 0.3 is 0 Å². The SMILES string of the molecule is CNCCC=Cc1cc([N+](=O)[O-])ccc1O. The molecule has 5 heteroatoms. The largest absolute Gasteiger partial charge is 0.507 e. The van der Waals surface area contributed by atoms with E-state index in [-0.39, 0.29) is 11.4 Å². The van der Waals surface area contributed by atoms with Gasteiger partial charge in [0.1, 0.15) is 5.75 Å². The van der Waals surface area contributed by atoms with Gasteiger partial charge in [-0.05, 0) is 26.1 Å². The third-order valence-corrected chi connectivity index (χ3v) is 2.08. The van der Waals surface area contributed by atoms with Gasteiger partial charge in [0, 0.05) is 17.7 Å². The first kappa shape index (κ1) is 12.2. The molecule has 0 aliphatic heterocycles. The molecule has 2 N–H and O–H groups in total. The van der Waals surface area contributed by atoms with Crippen LogP contribution in [0.4, 0.5) is 5.69 Å². The monoisotopic (exact) mass is 222 g/mol. The minimum Gasteiger partial charge on any atom is -0.507 e. The van der Waals surface area contributed by atoms with E-state index in [1.807, 2.05) is 13.1 Å². The van der Waals surface area contributed by atoms with Crippen LogP contribution in [0, 0.1) is 10.1 Å². The summed E-state index contributed by atoms with van der Waals surface area (Å²) in [6, 6.07) is 3.96. The molecule has 0 saturated carbocycles. The third kappa shape index (κ3) is 3.36. The van der Waals surface area contributed by atoms with Crippen LogP contribution in [-0.2, 0) is 0 Å². The molecule has 0 fully saturated rings. The van der Waals surface area contributed by atoms with Gasteiger partial charge in [0.2, 0.25) is 0 Å². The van der Waals surface area contributed by atoms with E-state index in [1.54, 1.807) is 6.08 Å². The summed E-state index contributed by atoms with van der Waals surface area (Å²) in [5, 5.41) is 23.0. The molecule has 5 nitrogen and oxygen atoms in total. The summed E-state index contributed by atoms with van der Waals surface area (Å²) in [6.07, 6.45) is 4.34. The summed E-state index contributed by atoms with van der Waals surface area (Å²) in [5.41, 5.74) is 0.441. The second-order valence-electron chi connectivity index (χ2n) is 3.29. The smallest absolute Gasteiger partial charge is 0.270 e. The number of nitro groups is 1. The van der Waals surface area contributed by atoms with Crippen LogP contribution in [0.2, 0.25) is 0 Å². The molecule has 0 aliphatic carbocycles. The van der Waals surface area contributed by atoms with Gasteiger partial charge in [-0.3, -0.25) is 10.1 Å². The van der Waals surface area contributed by atoms with Crippen molar-refractivity contribution in [1.29, 1.82) is 0 Å². The highest BCUT2D eigenvalue weighted by atomic mass is 16.6. The molecule has 16 heavy (non-hydrogen) atoms. The minimum absolute atomic E-state index is 0.0222. The van der Waals surface area contributed by atoms with E-state index >= 15 is 0 Å². The van der Waals surface area contributed by atoms with Crippen LogP contribution in [0.3, 0.4) is 0 Å². The van der Waals surface area contributed by atoms with Crippen LogP contribution in [0.15, 0.2) is 24.3 Å². The van der Waals surface area contributed by atoms with E-state index in [2.05, 4.69) is 5.32 Å². The zero-order valence-electron chi connectivity index (χ0n) is 9.01. The molecule has 0 radical (unpaired) electrons. The van der Waals surface area contributed by atoms with Gasteiger partial charge in [-0.1, -0.05) is 12.2 Å². The van der Waals surface area contributed by atoms with Crippen LogP contribution < -0.4 is 5.32 Å². The lowest BCUT2D eigenvalue weighted by molar-refractivity contribution is -0.384. The van der Waals surface area contributed by atoms with Gasteiger partial charge in [-0.2, -0.15) is 0 Å². The van der Waals surface area contributed by atoms with E-state index in [4.69, 9.17) is 0 Å². The molecule has 0 aliphatic rings. The first-order valence-corrected chi connectivity index (χ1v) is 4.93. The Bertz CT molecular complexity index is 402. The number of rotatable bonds is 5. The van der Waals surface area contributed by atoms with E-state index < -0.39 is 4.92 Å². The summed E-state index contributed by atoms with van der Waals surface area (Å²) in [4.78, 5) is 10.0. The molecule has 1 rings (SSSR count). The van der Waals surface area contributed by atoms with Gasteiger partial charge in [0.05, 0.1) is 4.92 Å². The Morgan fingerprint density at radius 1 is 1.56 bits per heavy atom. The molecule has 0 bridgehead atoms. The Morgan fingerprint density at radius 2 is 2.31 bits per heavy atom. The first-order valence-electron chi connectivity index (χ1n) is 4.93. The second kappa shape index (κ2) is 5.87. The van der Waals surface area contributed by atoms with Crippen molar-refractivity contribution in [2.75, 3.05) is 13.6 Å². The normalized spacial score (nSPS) is 10.8. The molecular formula is C11H14N2O3. The van der Waals surface area contributed by atoms with Crippen molar-refractivity contribution in [3.05, 3.63) is 40.0 Å². The molecular weight excluding hydrogens is 208 g/mol. The second-order valence-corrected chi connectivity index (χ2v) is 3.29. The third-order valence-electron chi connectivity index (χ3n) is 2.08. The molecule has 0 spiro atoms. The first-order chi connectivity index (χ1) is 7.65. The number of non-ortho nitro benzene ring substituents is 1. The number of aromatic hydroxyl groups is 1. The van der Waals surface area contributed by atoms with Gasteiger partial charge in [-0.25, -0.2) is 0 Å². The highest BCUT2D eigenvalue weighted by molar-refractivity contribution is 5.60. The van der Waals surface area contributed by atoms with E-state index in [9.17, 15) is 15.2 Å². The number of hydrogen-bond donors (Lipinski definition) is 2. The Hall–Kier alpha value is -1.88. The fourth-order valence-corrected chi connectivity index (χ4v) is 1.23. The molecule has 0 atom stereocenters. The number of phenols is 1. The summed E-state index contributed by atoms with van der Waals surface area (Å²) in [6.45, 7) is 0.826.